The van der Waals surface area contributed by atoms with Crippen molar-refractivity contribution in [1.82, 2.24) is 5.43 Å². The molecule has 32 heavy (non-hydrogen) atoms. The molecule has 9 heteroatoms. The minimum absolute atomic E-state index is 0.0268. The smallest absolute Gasteiger partial charge is 0.269 e. The second kappa shape index (κ2) is 11.1. The maximum atomic E-state index is 12.0. The highest BCUT2D eigenvalue weighted by molar-refractivity contribution is 9.10. The van der Waals surface area contributed by atoms with Crippen LogP contribution < -0.4 is 14.9 Å². The molecule has 8 nitrogen and oxygen atoms in total. The van der Waals surface area contributed by atoms with Gasteiger partial charge in [0.15, 0.2) is 11.5 Å². The first kappa shape index (κ1) is 23.0. The van der Waals surface area contributed by atoms with Crippen LogP contribution in [0.5, 0.6) is 11.5 Å². The number of nitrogens with zero attached hydrogens (tertiary/aromatic N) is 2. The van der Waals surface area contributed by atoms with Gasteiger partial charge in [-0.25, -0.2) is 5.43 Å². The van der Waals surface area contributed by atoms with Gasteiger partial charge in [-0.15, -0.1) is 0 Å². The third-order valence-electron chi connectivity index (χ3n) is 4.41. The van der Waals surface area contributed by atoms with Crippen LogP contribution in [0.2, 0.25) is 0 Å². The van der Waals surface area contributed by atoms with Gasteiger partial charge in [0.05, 0.1) is 24.7 Å². The van der Waals surface area contributed by atoms with Gasteiger partial charge in [-0.1, -0.05) is 28.1 Å². The summed E-state index contributed by atoms with van der Waals surface area (Å²) in [7, 11) is 1.52. The monoisotopic (exact) mass is 497 g/mol. The van der Waals surface area contributed by atoms with Crippen LogP contribution in [0.25, 0.3) is 0 Å². The van der Waals surface area contributed by atoms with Gasteiger partial charge >= 0.3 is 0 Å². The van der Waals surface area contributed by atoms with Crippen molar-refractivity contribution in [2.24, 2.45) is 5.10 Å². The molecule has 1 N–H and O–H groups in total. The summed E-state index contributed by atoms with van der Waals surface area (Å²) in [6.07, 6.45) is 1.74. The van der Waals surface area contributed by atoms with Crippen molar-refractivity contribution < 1.29 is 19.2 Å². The van der Waals surface area contributed by atoms with Crippen LogP contribution in [-0.2, 0) is 17.8 Å². The van der Waals surface area contributed by atoms with Crippen molar-refractivity contribution in [3.8, 4) is 11.5 Å². The van der Waals surface area contributed by atoms with Gasteiger partial charge in [0.1, 0.15) is 6.61 Å². The Balaban J connectivity index is 1.56. The number of methoxy groups -OCH3 is 1. The Labute approximate surface area is 193 Å². The molecule has 164 valence electrons. The molecule has 0 fully saturated rings. The number of halogens is 1. The number of amides is 1. The number of hydrazone groups is 1. The number of ether oxygens (including phenoxy) is 2. The topological polar surface area (TPSA) is 103 Å². The molecule has 0 aromatic heterocycles. The summed E-state index contributed by atoms with van der Waals surface area (Å²) in [6.45, 7) is 0.230. The molecular weight excluding hydrogens is 478 g/mol. The summed E-state index contributed by atoms with van der Waals surface area (Å²) in [4.78, 5) is 22.3. The minimum Gasteiger partial charge on any atom is -0.493 e. The maximum Gasteiger partial charge on any atom is 0.269 e. The fraction of sp³-hybridized carbons (Fsp3) is 0.130. The summed E-state index contributed by atoms with van der Waals surface area (Å²) >= 11 is 3.36. The van der Waals surface area contributed by atoms with E-state index in [0.717, 1.165) is 15.6 Å². The molecule has 0 unspecified atom stereocenters. The first-order valence-electron chi connectivity index (χ1n) is 9.55. The van der Waals surface area contributed by atoms with Crippen molar-refractivity contribution in [2.75, 3.05) is 7.11 Å². The number of nitro groups is 1. The third-order valence-corrected chi connectivity index (χ3v) is 4.94. The van der Waals surface area contributed by atoms with Crippen molar-refractivity contribution in [3.63, 3.8) is 0 Å². The van der Waals surface area contributed by atoms with Crippen molar-refractivity contribution in [2.45, 2.75) is 13.0 Å². The predicted molar refractivity (Wildman–Crippen MR) is 124 cm³/mol. The van der Waals surface area contributed by atoms with E-state index in [1.54, 1.807) is 30.3 Å². The first-order chi connectivity index (χ1) is 15.4. The van der Waals surface area contributed by atoms with Gasteiger partial charge < -0.3 is 9.47 Å². The van der Waals surface area contributed by atoms with E-state index >= 15 is 0 Å². The lowest BCUT2D eigenvalue weighted by Crippen LogP contribution is -2.19. The number of carbonyl (C=O) groups excluding carboxylic acids is 1. The fourth-order valence-electron chi connectivity index (χ4n) is 2.76. The quantitative estimate of drug-likeness (QED) is 0.263. The Morgan fingerprint density at radius 1 is 1.06 bits per heavy atom. The number of non-ortho nitro benzene ring substituents is 1. The van der Waals surface area contributed by atoms with Crippen molar-refractivity contribution in [1.29, 1.82) is 0 Å². The Bertz CT molecular complexity index is 1120. The summed E-state index contributed by atoms with van der Waals surface area (Å²) in [6, 6.07) is 18.9. The van der Waals surface area contributed by atoms with Gasteiger partial charge in [-0.3, -0.25) is 14.9 Å². The molecule has 0 heterocycles. The molecule has 3 aromatic rings. The average Bonchev–Trinajstić information content (AvgIpc) is 2.79. The number of rotatable bonds is 9. The molecule has 0 bridgehead atoms. The van der Waals surface area contributed by atoms with Gasteiger partial charge in [-0.2, -0.15) is 5.10 Å². The Hall–Kier alpha value is -3.72. The first-order valence-corrected chi connectivity index (χ1v) is 10.3. The Kier molecular flexibility index (Phi) is 7.93. The molecule has 0 aliphatic rings. The van der Waals surface area contributed by atoms with Crippen molar-refractivity contribution >= 4 is 33.7 Å². The van der Waals surface area contributed by atoms with Gasteiger partial charge in [-0.05, 0) is 59.2 Å². The highest BCUT2D eigenvalue weighted by atomic mass is 79.9. The Morgan fingerprint density at radius 3 is 2.41 bits per heavy atom. The SMILES string of the molecule is COc1cc(/C=N\NC(=O)Cc2ccc(Br)cc2)ccc1OCc1ccc([N+](=O)[O-])cc1. The number of nitro benzene ring substituents is 1. The fourth-order valence-corrected chi connectivity index (χ4v) is 3.03. The lowest BCUT2D eigenvalue weighted by molar-refractivity contribution is -0.384. The summed E-state index contributed by atoms with van der Waals surface area (Å²) < 4.78 is 12.1. The van der Waals surface area contributed by atoms with Crippen LogP contribution in [0.1, 0.15) is 16.7 Å². The molecule has 3 aromatic carbocycles. The zero-order chi connectivity index (χ0) is 22.9. The number of hydrogen-bond acceptors (Lipinski definition) is 6. The average molecular weight is 498 g/mol. The molecular formula is C23H20BrN3O5. The van der Waals surface area contributed by atoms with E-state index in [1.807, 2.05) is 24.3 Å². The maximum absolute atomic E-state index is 12.0. The molecule has 0 aliphatic heterocycles. The van der Waals surface area contributed by atoms with Gasteiger partial charge in [0.25, 0.3) is 5.69 Å². The van der Waals surface area contributed by atoms with E-state index in [4.69, 9.17) is 9.47 Å². The summed E-state index contributed by atoms with van der Waals surface area (Å²) in [5.74, 6) is 0.790. The molecule has 0 spiro atoms. The van der Waals surface area contributed by atoms with Crippen molar-refractivity contribution in [3.05, 3.63) is 98.0 Å². The van der Waals surface area contributed by atoms with E-state index in [1.165, 1.54) is 25.5 Å². The molecule has 0 saturated carbocycles. The number of nitrogens with one attached hydrogen (secondary N) is 1. The van der Waals surface area contributed by atoms with E-state index in [2.05, 4.69) is 26.5 Å². The number of benzene rings is 3. The van der Waals surface area contributed by atoms with Crippen LogP contribution in [0.3, 0.4) is 0 Å². The molecule has 0 atom stereocenters. The number of hydrogen-bond donors (Lipinski definition) is 1. The van der Waals surface area contributed by atoms with Crippen LogP contribution in [0, 0.1) is 10.1 Å². The summed E-state index contributed by atoms with van der Waals surface area (Å²) in [5.41, 5.74) is 4.92. The van der Waals surface area contributed by atoms with Gasteiger partial charge in [0.2, 0.25) is 5.91 Å². The summed E-state index contributed by atoms with van der Waals surface area (Å²) in [5, 5.41) is 14.7. The van der Waals surface area contributed by atoms with E-state index in [-0.39, 0.29) is 24.6 Å². The lowest BCUT2D eigenvalue weighted by atomic mass is 10.1. The molecule has 0 aliphatic carbocycles. The van der Waals surface area contributed by atoms with Crippen LogP contribution >= 0.6 is 15.9 Å². The molecule has 0 saturated heterocycles. The van der Waals surface area contributed by atoms with E-state index in [0.29, 0.717) is 17.1 Å². The highest BCUT2D eigenvalue weighted by Crippen LogP contribution is 2.28. The molecule has 3 rings (SSSR count). The second-order valence-electron chi connectivity index (χ2n) is 6.72. The number of carbonyl (C=O) groups is 1. The van der Waals surface area contributed by atoms with E-state index in [9.17, 15) is 14.9 Å². The van der Waals surface area contributed by atoms with Crippen LogP contribution in [-0.4, -0.2) is 24.2 Å². The third kappa shape index (κ3) is 6.64. The molecule has 1 amide bonds. The second-order valence-corrected chi connectivity index (χ2v) is 7.63. The predicted octanol–water partition coefficient (Wildman–Crippen LogP) is 4.64. The van der Waals surface area contributed by atoms with Crippen LogP contribution in [0.4, 0.5) is 5.69 Å². The Morgan fingerprint density at radius 2 is 1.75 bits per heavy atom. The minimum atomic E-state index is -0.447. The lowest BCUT2D eigenvalue weighted by Gasteiger charge is -2.11. The zero-order valence-electron chi connectivity index (χ0n) is 17.2. The largest absolute Gasteiger partial charge is 0.493 e. The highest BCUT2D eigenvalue weighted by Gasteiger charge is 2.08. The zero-order valence-corrected chi connectivity index (χ0v) is 18.7. The standard InChI is InChI=1S/C23H20BrN3O5/c1-31-22-12-18(14-25-26-23(28)13-16-2-7-19(24)8-3-16)6-11-21(22)32-15-17-4-9-20(10-5-17)27(29)30/h2-12,14H,13,15H2,1H3,(H,26,28)/b25-14-. The normalized spacial score (nSPS) is 10.7. The van der Waals surface area contributed by atoms with E-state index < -0.39 is 4.92 Å². The molecule has 0 radical (unpaired) electrons. The van der Waals surface area contributed by atoms with Gasteiger partial charge in [0, 0.05) is 16.6 Å². The van der Waals surface area contributed by atoms with Crippen LogP contribution in [0.15, 0.2) is 76.3 Å².